The largest absolute Gasteiger partial charge is 0.381 e. The van der Waals surface area contributed by atoms with E-state index in [1.54, 1.807) is 0 Å². The van der Waals surface area contributed by atoms with Gasteiger partial charge in [0.15, 0.2) is 0 Å². The van der Waals surface area contributed by atoms with Gasteiger partial charge in [0.1, 0.15) is 0 Å². The Morgan fingerprint density at radius 2 is 2.05 bits per heavy atom. The summed E-state index contributed by atoms with van der Waals surface area (Å²) in [5.74, 6) is 0.658. The zero-order valence-electron chi connectivity index (χ0n) is 12.0. The highest BCUT2D eigenvalue weighted by Gasteiger charge is 2.19. The van der Waals surface area contributed by atoms with Crippen molar-refractivity contribution in [1.29, 1.82) is 0 Å². The summed E-state index contributed by atoms with van der Waals surface area (Å²) in [4.78, 5) is 4.47. The molecule has 1 aromatic rings. The third-order valence-corrected chi connectivity index (χ3v) is 4.00. The summed E-state index contributed by atoms with van der Waals surface area (Å²) >= 11 is 0. The van der Waals surface area contributed by atoms with Crippen molar-refractivity contribution in [2.75, 3.05) is 19.8 Å². The van der Waals surface area contributed by atoms with E-state index < -0.39 is 0 Å². The first-order chi connectivity index (χ1) is 9.90. The number of hydrogen-bond donors (Lipinski definition) is 1. The monoisotopic (exact) mass is 276 g/mol. The highest BCUT2D eigenvalue weighted by molar-refractivity contribution is 5.13. The molecule has 1 aromatic heterocycles. The molecule has 2 fully saturated rings. The van der Waals surface area contributed by atoms with Crippen molar-refractivity contribution in [3.63, 3.8) is 0 Å². The highest BCUT2D eigenvalue weighted by Crippen LogP contribution is 2.19. The Bertz CT molecular complexity index is 397. The van der Waals surface area contributed by atoms with Crippen LogP contribution < -0.4 is 5.32 Å². The van der Waals surface area contributed by atoms with Gasteiger partial charge >= 0.3 is 0 Å². The molecular formula is C16H24N2O2. The number of aromatic nitrogens is 1. The lowest BCUT2D eigenvalue weighted by Crippen LogP contribution is -2.20. The van der Waals surface area contributed by atoms with Crippen LogP contribution in [0.4, 0.5) is 0 Å². The van der Waals surface area contributed by atoms with Crippen LogP contribution in [0.5, 0.6) is 0 Å². The molecule has 0 radical (unpaired) electrons. The third kappa shape index (κ3) is 4.54. The average molecular weight is 276 g/mol. The summed E-state index contributed by atoms with van der Waals surface area (Å²) in [5, 5.41) is 3.50. The van der Waals surface area contributed by atoms with Gasteiger partial charge in [-0.2, -0.15) is 0 Å². The first-order valence-corrected chi connectivity index (χ1v) is 7.73. The zero-order chi connectivity index (χ0) is 13.6. The van der Waals surface area contributed by atoms with Gasteiger partial charge in [0.05, 0.1) is 18.9 Å². The Hall–Kier alpha value is -0.970. The van der Waals surface area contributed by atoms with Gasteiger partial charge in [-0.25, -0.2) is 0 Å². The van der Waals surface area contributed by atoms with Gasteiger partial charge in [-0.15, -0.1) is 0 Å². The third-order valence-electron chi connectivity index (χ3n) is 4.00. The Balaban J connectivity index is 1.36. The summed E-state index contributed by atoms with van der Waals surface area (Å²) in [6.07, 6.45) is 6.86. The van der Waals surface area contributed by atoms with E-state index in [1.807, 2.05) is 6.20 Å². The van der Waals surface area contributed by atoms with Crippen LogP contribution in [0, 0.1) is 5.92 Å². The fourth-order valence-electron chi connectivity index (χ4n) is 2.44. The maximum Gasteiger partial charge on any atom is 0.0887 e. The number of hydrogen-bond acceptors (Lipinski definition) is 4. The molecule has 0 spiro atoms. The summed E-state index contributed by atoms with van der Waals surface area (Å²) in [5.41, 5.74) is 2.28. The van der Waals surface area contributed by atoms with Crippen LogP contribution in [-0.2, 0) is 22.6 Å². The first-order valence-electron chi connectivity index (χ1n) is 7.73. The second kappa shape index (κ2) is 7.16. The molecule has 0 bridgehead atoms. The molecule has 0 atom stereocenters. The Morgan fingerprint density at radius 1 is 1.20 bits per heavy atom. The van der Waals surface area contributed by atoms with Gasteiger partial charge in [0.25, 0.3) is 0 Å². The van der Waals surface area contributed by atoms with Gasteiger partial charge in [0.2, 0.25) is 0 Å². The van der Waals surface area contributed by atoms with Gasteiger partial charge in [-0.05, 0) is 43.2 Å². The van der Waals surface area contributed by atoms with E-state index in [-0.39, 0.29) is 0 Å². The number of pyridine rings is 1. The molecule has 0 aromatic carbocycles. The maximum atomic E-state index is 5.77. The van der Waals surface area contributed by atoms with Crippen molar-refractivity contribution < 1.29 is 9.47 Å². The van der Waals surface area contributed by atoms with Gasteiger partial charge in [-0.3, -0.25) is 4.98 Å². The predicted octanol–water partition coefficient (Wildman–Crippen LogP) is 2.28. The molecule has 110 valence electrons. The quantitative estimate of drug-likeness (QED) is 0.829. The van der Waals surface area contributed by atoms with Crippen LogP contribution in [0.15, 0.2) is 18.3 Å². The van der Waals surface area contributed by atoms with E-state index in [1.165, 1.54) is 18.4 Å². The van der Waals surface area contributed by atoms with Crippen molar-refractivity contribution in [3.8, 4) is 0 Å². The first kappa shape index (κ1) is 14.0. The minimum Gasteiger partial charge on any atom is -0.381 e. The molecule has 20 heavy (non-hydrogen) atoms. The van der Waals surface area contributed by atoms with Crippen LogP contribution in [0.25, 0.3) is 0 Å². The van der Waals surface area contributed by atoms with Crippen LogP contribution in [0.1, 0.15) is 36.9 Å². The molecule has 1 aliphatic carbocycles. The Labute approximate surface area is 120 Å². The van der Waals surface area contributed by atoms with E-state index in [9.17, 15) is 0 Å². The molecular weight excluding hydrogens is 252 g/mol. The average Bonchev–Trinajstić information content (AvgIpc) is 3.32. The van der Waals surface area contributed by atoms with E-state index >= 15 is 0 Å². The molecule has 3 rings (SSSR count). The van der Waals surface area contributed by atoms with Crippen molar-refractivity contribution in [2.45, 2.75) is 44.9 Å². The summed E-state index contributed by atoms with van der Waals surface area (Å²) < 4.78 is 11.1. The van der Waals surface area contributed by atoms with E-state index in [0.717, 1.165) is 50.9 Å². The van der Waals surface area contributed by atoms with Gasteiger partial charge < -0.3 is 14.8 Å². The summed E-state index contributed by atoms with van der Waals surface area (Å²) in [7, 11) is 0. The second-order valence-electron chi connectivity index (χ2n) is 5.88. The molecule has 1 aliphatic heterocycles. The molecule has 0 unspecified atom stereocenters. The summed E-state index contributed by atoms with van der Waals surface area (Å²) in [6.45, 7) is 4.15. The molecule has 0 amide bonds. The smallest absolute Gasteiger partial charge is 0.0887 e. The Morgan fingerprint density at radius 3 is 2.75 bits per heavy atom. The normalized spacial score (nSPS) is 20.2. The van der Waals surface area contributed by atoms with E-state index in [0.29, 0.717) is 12.5 Å². The molecule has 2 heterocycles. The van der Waals surface area contributed by atoms with E-state index in [4.69, 9.17) is 9.47 Å². The van der Waals surface area contributed by atoms with Gasteiger partial charge in [-0.1, -0.05) is 6.07 Å². The number of nitrogens with one attached hydrogen (secondary N) is 1. The predicted molar refractivity (Wildman–Crippen MR) is 77.3 cm³/mol. The maximum absolute atomic E-state index is 5.77. The van der Waals surface area contributed by atoms with Crippen molar-refractivity contribution in [2.24, 2.45) is 5.92 Å². The molecule has 4 heteroatoms. The minimum atomic E-state index is 0.619. The number of ether oxygens (including phenoxy) is 2. The SMILES string of the molecule is c1cc(COCC2CCOCC2)ncc1CNC1CC1. The standard InChI is InChI=1S/C16H24N2O2/c1-2-16(12-20-11-13-5-7-19-8-6-13)18-10-14(1)9-17-15-3-4-15/h1-2,10,13,15,17H,3-9,11-12H2. The Kier molecular flexibility index (Phi) is 5.01. The fraction of sp³-hybridized carbons (Fsp3) is 0.688. The lowest BCUT2D eigenvalue weighted by molar-refractivity contribution is 0.0150. The van der Waals surface area contributed by atoms with Crippen LogP contribution in [0.3, 0.4) is 0 Å². The van der Waals surface area contributed by atoms with Crippen molar-refractivity contribution in [3.05, 3.63) is 29.6 Å². The molecule has 1 saturated heterocycles. The molecule has 4 nitrogen and oxygen atoms in total. The highest BCUT2D eigenvalue weighted by atomic mass is 16.5. The molecule has 1 N–H and O–H groups in total. The lowest BCUT2D eigenvalue weighted by atomic mass is 10.0. The molecule has 1 saturated carbocycles. The lowest BCUT2D eigenvalue weighted by Gasteiger charge is -2.21. The fourth-order valence-corrected chi connectivity index (χ4v) is 2.44. The summed E-state index contributed by atoms with van der Waals surface area (Å²) in [6, 6.07) is 4.97. The topological polar surface area (TPSA) is 43.4 Å². The van der Waals surface area contributed by atoms with Crippen LogP contribution in [-0.4, -0.2) is 30.8 Å². The minimum absolute atomic E-state index is 0.619. The van der Waals surface area contributed by atoms with Gasteiger partial charge in [0, 0.05) is 32.0 Å². The van der Waals surface area contributed by atoms with Crippen molar-refractivity contribution in [1.82, 2.24) is 10.3 Å². The van der Waals surface area contributed by atoms with Crippen LogP contribution in [0.2, 0.25) is 0 Å². The van der Waals surface area contributed by atoms with Crippen molar-refractivity contribution >= 4 is 0 Å². The second-order valence-corrected chi connectivity index (χ2v) is 5.88. The number of rotatable bonds is 7. The zero-order valence-corrected chi connectivity index (χ0v) is 12.0. The van der Waals surface area contributed by atoms with Crippen LogP contribution >= 0.6 is 0 Å². The van der Waals surface area contributed by atoms with E-state index in [2.05, 4.69) is 22.4 Å². The number of nitrogens with zero attached hydrogens (tertiary/aromatic N) is 1. The molecule has 2 aliphatic rings.